The molecule has 1 N–H and O–H groups in total. The monoisotopic (exact) mass is 196 g/mol. The van der Waals surface area contributed by atoms with Crippen LogP contribution < -0.4 is 5.32 Å². The Labute approximate surface area is 88.1 Å². The van der Waals surface area contributed by atoms with E-state index in [2.05, 4.69) is 24.1 Å². The third-order valence-corrected chi connectivity index (χ3v) is 3.90. The summed E-state index contributed by atoms with van der Waals surface area (Å²) in [4.78, 5) is 2.65. The summed E-state index contributed by atoms with van der Waals surface area (Å²) >= 11 is 0. The smallest absolute Gasteiger partial charge is 0.00246 e. The molecular formula is C12H24N2. The van der Waals surface area contributed by atoms with Crippen LogP contribution in [0.3, 0.4) is 0 Å². The van der Waals surface area contributed by atoms with Gasteiger partial charge in [-0.25, -0.2) is 0 Å². The molecule has 2 fully saturated rings. The SMILES string of the molecule is CC(C)C1CN(CC2CCNCC2)C1. The van der Waals surface area contributed by atoms with Gasteiger partial charge in [0.1, 0.15) is 0 Å². The van der Waals surface area contributed by atoms with Crippen LogP contribution in [-0.2, 0) is 0 Å². The van der Waals surface area contributed by atoms with Gasteiger partial charge in [0.25, 0.3) is 0 Å². The van der Waals surface area contributed by atoms with Gasteiger partial charge in [-0.2, -0.15) is 0 Å². The van der Waals surface area contributed by atoms with Gasteiger partial charge in [-0.3, -0.25) is 0 Å². The second kappa shape index (κ2) is 4.63. The van der Waals surface area contributed by atoms with Crippen molar-refractivity contribution in [2.24, 2.45) is 17.8 Å². The van der Waals surface area contributed by atoms with E-state index >= 15 is 0 Å². The van der Waals surface area contributed by atoms with Crippen LogP contribution in [0.4, 0.5) is 0 Å². The molecule has 82 valence electrons. The molecule has 0 radical (unpaired) electrons. The van der Waals surface area contributed by atoms with Gasteiger partial charge >= 0.3 is 0 Å². The average Bonchev–Trinajstić information content (AvgIpc) is 2.12. The Morgan fingerprint density at radius 2 is 1.86 bits per heavy atom. The van der Waals surface area contributed by atoms with E-state index in [0.717, 1.165) is 17.8 Å². The number of hydrogen-bond acceptors (Lipinski definition) is 2. The quantitative estimate of drug-likeness (QED) is 0.737. The van der Waals surface area contributed by atoms with E-state index in [1.54, 1.807) is 0 Å². The predicted octanol–water partition coefficient (Wildman–Crippen LogP) is 1.57. The summed E-state index contributed by atoms with van der Waals surface area (Å²) in [6, 6.07) is 0. The van der Waals surface area contributed by atoms with Crippen LogP contribution in [-0.4, -0.2) is 37.6 Å². The van der Waals surface area contributed by atoms with Crippen molar-refractivity contribution < 1.29 is 0 Å². The van der Waals surface area contributed by atoms with Crippen LogP contribution in [0.5, 0.6) is 0 Å². The first-order valence-electron chi connectivity index (χ1n) is 6.19. The van der Waals surface area contributed by atoms with Crippen LogP contribution in [0, 0.1) is 17.8 Å². The van der Waals surface area contributed by atoms with Crippen molar-refractivity contribution in [1.82, 2.24) is 10.2 Å². The van der Waals surface area contributed by atoms with Gasteiger partial charge in [-0.15, -0.1) is 0 Å². The molecule has 2 aliphatic heterocycles. The van der Waals surface area contributed by atoms with Crippen molar-refractivity contribution in [1.29, 1.82) is 0 Å². The molecule has 0 bridgehead atoms. The highest BCUT2D eigenvalue weighted by Gasteiger charge is 2.30. The molecule has 14 heavy (non-hydrogen) atoms. The van der Waals surface area contributed by atoms with E-state index in [9.17, 15) is 0 Å². The van der Waals surface area contributed by atoms with Gasteiger partial charge in [0, 0.05) is 19.6 Å². The lowest BCUT2D eigenvalue weighted by atomic mass is 9.86. The molecular weight excluding hydrogens is 172 g/mol. The van der Waals surface area contributed by atoms with Gasteiger partial charge < -0.3 is 10.2 Å². The Morgan fingerprint density at radius 1 is 1.21 bits per heavy atom. The van der Waals surface area contributed by atoms with Crippen molar-refractivity contribution in [3.63, 3.8) is 0 Å². The predicted molar refractivity (Wildman–Crippen MR) is 60.4 cm³/mol. The van der Waals surface area contributed by atoms with E-state index in [1.807, 2.05) is 0 Å². The molecule has 2 aliphatic rings. The topological polar surface area (TPSA) is 15.3 Å². The van der Waals surface area contributed by atoms with Gasteiger partial charge in [0.2, 0.25) is 0 Å². The van der Waals surface area contributed by atoms with Crippen LogP contribution >= 0.6 is 0 Å². The lowest BCUT2D eigenvalue weighted by molar-refractivity contribution is 0.0484. The minimum absolute atomic E-state index is 0.888. The van der Waals surface area contributed by atoms with E-state index in [4.69, 9.17) is 0 Å². The number of piperidine rings is 1. The molecule has 0 aliphatic carbocycles. The number of likely N-dealkylation sites (tertiary alicyclic amines) is 1. The highest BCUT2D eigenvalue weighted by Crippen LogP contribution is 2.25. The summed E-state index contributed by atoms with van der Waals surface area (Å²) in [5, 5.41) is 3.43. The van der Waals surface area contributed by atoms with Crippen molar-refractivity contribution >= 4 is 0 Å². The highest BCUT2D eigenvalue weighted by atomic mass is 15.2. The van der Waals surface area contributed by atoms with Crippen molar-refractivity contribution in [2.45, 2.75) is 26.7 Å². The fraction of sp³-hybridized carbons (Fsp3) is 1.00. The zero-order valence-electron chi connectivity index (χ0n) is 9.63. The van der Waals surface area contributed by atoms with Gasteiger partial charge in [-0.1, -0.05) is 13.8 Å². The minimum atomic E-state index is 0.888. The first kappa shape index (κ1) is 10.4. The second-order valence-electron chi connectivity index (χ2n) is 5.42. The first-order chi connectivity index (χ1) is 6.75. The largest absolute Gasteiger partial charge is 0.317 e. The van der Waals surface area contributed by atoms with Gasteiger partial charge in [0.05, 0.1) is 0 Å². The average molecular weight is 196 g/mol. The van der Waals surface area contributed by atoms with E-state index in [1.165, 1.54) is 45.6 Å². The number of hydrogen-bond donors (Lipinski definition) is 1. The Kier molecular flexibility index (Phi) is 3.45. The lowest BCUT2D eigenvalue weighted by Crippen LogP contribution is -2.51. The highest BCUT2D eigenvalue weighted by molar-refractivity contribution is 4.84. The van der Waals surface area contributed by atoms with Crippen molar-refractivity contribution in [3.8, 4) is 0 Å². The van der Waals surface area contributed by atoms with Gasteiger partial charge in [0.15, 0.2) is 0 Å². The molecule has 2 heterocycles. The van der Waals surface area contributed by atoms with E-state index < -0.39 is 0 Å². The second-order valence-corrected chi connectivity index (χ2v) is 5.42. The zero-order valence-corrected chi connectivity index (χ0v) is 9.63. The van der Waals surface area contributed by atoms with E-state index in [-0.39, 0.29) is 0 Å². The molecule has 2 rings (SSSR count). The van der Waals surface area contributed by atoms with Crippen LogP contribution in [0.15, 0.2) is 0 Å². The van der Waals surface area contributed by atoms with Crippen LogP contribution in [0.1, 0.15) is 26.7 Å². The Morgan fingerprint density at radius 3 is 2.43 bits per heavy atom. The molecule has 0 amide bonds. The summed E-state index contributed by atoms with van der Waals surface area (Å²) in [6.07, 6.45) is 2.78. The minimum Gasteiger partial charge on any atom is -0.317 e. The third-order valence-electron chi connectivity index (χ3n) is 3.90. The molecule has 0 spiro atoms. The fourth-order valence-corrected chi connectivity index (χ4v) is 2.61. The Balaban J connectivity index is 1.63. The first-order valence-corrected chi connectivity index (χ1v) is 6.19. The maximum atomic E-state index is 3.43. The Bertz CT molecular complexity index is 167. The summed E-state index contributed by atoms with van der Waals surface area (Å²) < 4.78 is 0. The summed E-state index contributed by atoms with van der Waals surface area (Å²) in [7, 11) is 0. The van der Waals surface area contributed by atoms with Crippen molar-refractivity contribution in [3.05, 3.63) is 0 Å². The fourth-order valence-electron chi connectivity index (χ4n) is 2.61. The molecule has 0 aromatic heterocycles. The number of nitrogens with one attached hydrogen (secondary N) is 1. The summed E-state index contributed by atoms with van der Waals surface area (Å²) in [5.74, 6) is 2.85. The van der Waals surface area contributed by atoms with Crippen LogP contribution in [0.25, 0.3) is 0 Å². The van der Waals surface area contributed by atoms with Gasteiger partial charge in [-0.05, 0) is 43.7 Å². The molecule has 0 aromatic rings. The molecule has 0 atom stereocenters. The molecule has 2 saturated heterocycles. The standard InChI is InChI=1S/C12H24N2/c1-10(2)12-8-14(9-12)7-11-3-5-13-6-4-11/h10-13H,3-9H2,1-2H3. The molecule has 0 unspecified atom stereocenters. The van der Waals surface area contributed by atoms with Crippen molar-refractivity contribution in [2.75, 3.05) is 32.7 Å². The number of nitrogens with zero attached hydrogens (tertiary/aromatic N) is 1. The number of rotatable bonds is 3. The lowest BCUT2D eigenvalue weighted by Gasteiger charge is -2.43. The molecule has 0 saturated carbocycles. The third kappa shape index (κ3) is 2.48. The molecule has 2 nitrogen and oxygen atoms in total. The zero-order chi connectivity index (χ0) is 9.97. The maximum absolute atomic E-state index is 3.43. The summed E-state index contributed by atoms with van der Waals surface area (Å²) in [5.41, 5.74) is 0. The Hall–Kier alpha value is -0.0800. The maximum Gasteiger partial charge on any atom is 0.00246 e. The summed E-state index contributed by atoms with van der Waals surface area (Å²) in [6.45, 7) is 11.3. The normalized spacial score (nSPS) is 26.8. The molecule has 0 aromatic carbocycles. The van der Waals surface area contributed by atoms with Crippen LogP contribution in [0.2, 0.25) is 0 Å². The van der Waals surface area contributed by atoms with E-state index in [0.29, 0.717) is 0 Å². The molecule has 2 heteroatoms.